The number of nitrogens with two attached hydrogens (primary N) is 1. The van der Waals surface area contributed by atoms with Crippen LogP contribution in [-0.2, 0) is 0 Å². The molecule has 0 aromatic rings. The minimum absolute atomic E-state index is 0.874. The first-order chi connectivity index (χ1) is 4.22. The fraction of sp³-hybridized carbons (Fsp3) is 0.200. The van der Waals surface area contributed by atoms with Crippen molar-refractivity contribution in [2.75, 3.05) is 6.54 Å². The largest absolute Gasteiger partial charge is 0.397 e. The molecule has 0 aromatic heterocycles. The lowest BCUT2D eigenvalue weighted by atomic mass is 10.3. The maximum atomic E-state index is 5.68. The summed E-state index contributed by atoms with van der Waals surface area (Å²) in [5, 5.41) is 3.10. The van der Waals surface area contributed by atoms with Gasteiger partial charge in [0.25, 0.3) is 0 Å². The Hall–Kier alpha value is 0.540. The van der Waals surface area contributed by atoms with E-state index >= 15 is 0 Å². The lowest BCUT2D eigenvalue weighted by molar-refractivity contribution is 0.947. The third kappa shape index (κ3) is 1.73. The van der Waals surface area contributed by atoms with Gasteiger partial charge in [0.1, 0.15) is 0 Å². The van der Waals surface area contributed by atoms with E-state index in [4.69, 9.17) is 5.73 Å². The summed E-state index contributed by atoms with van der Waals surface area (Å²) in [5.41, 5.74) is 6.59. The molecule has 0 aromatic carbocycles. The van der Waals surface area contributed by atoms with Crippen molar-refractivity contribution in [2.24, 2.45) is 5.73 Å². The zero-order valence-electron chi connectivity index (χ0n) is 4.62. The fourth-order valence-electron chi connectivity index (χ4n) is 0.533. The summed E-state index contributed by atoms with van der Waals surface area (Å²) in [4.78, 5) is 0. The van der Waals surface area contributed by atoms with Gasteiger partial charge in [-0.05, 0) is 45.2 Å². The van der Waals surface area contributed by atoms with E-state index < -0.39 is 0 Å². The van der Waals surface area contributed by atoms with Crippen molar-refractivity contribution in [3.05, 3.63) is 19.1 Å². The molecule has 50 valence electrons. The highest BCUT2D eigenvalue weighted by atomic mass is 127. The van der Waals surface area contributed by atoms with Gasteiger partial charge >= 0.3 is 0 Å². The number of dihydropyridines is 1. The number of allylic oxidation sites excluding steroid dienone is 1. The molecule has 0 saturated carbocycles. The topological polar surface area (TPSA) is 38.0 Å². The van der Waals surface area contributed by atoms with E-state index in [0.29, 0.717) is 0 Å². The monoisotopic (exact) mass is 348 g/mol. The Morgan fingerprint density at radius 1 is 1.56 bits per heavy atom. The quantitative estimate of drug-likeness (QED) is 0.651. The van der Waals surface area contributed by atoms with Crippen LogP contribution < -0.4 is 11.1 Å². The minimum Gasteiger partial charge on any atom is -0.397 e. The third-order valence-electron chi connectivity index (χ3n) is 1.04. The summed E-state index contributed by atoms with van der Waals surface area (Å²) in [5.74, 6) is 0. The van der Waals surface area contributed by atoms with E-state index in [1.807, 2.05) is 6.20 Å². The molecule has 0 unspecified atom stereocenters. The number of hydrogen-bond acceptors (Lipinski definition) is 2. The summed E-state index contributed by atoms with van der Waals surface area (Å²) in [6.45, 7) is 0.874. The van der Waals surface area contributed by atoms with Crippen molar-refractivity contribution in [3.8, 4) is 0 Å². The van der Waals surface area contributed by atoms with Crippen molar-refractivity contribution in [3.63, 3.8) is 0 Å². The van der Waals surface area contributed by atoms with Crippen molar-refractivity contribution >= 4 is 45.2 Å². The lowest BCUT2D eigenvalue weighted by Gasteiger charge is -2.11. The molecule has 1 aliphatic heterocycles. The Morgan fingerprint density at radius 2 is 2.22 bits per heavy atom. The van der Waals surface area contributed by atoms with Crippen molar-refractivity contribution in [2.45, 2.75) is 0 Å². The van der Waals surface area contributed by atoms with Crippen LogP contribution in [-0.4, -0.2) is 6.54 Å². The van der Waals surface area contributed by atoms with Crippen LogP contribution in [0.1, 0.15) is 0 Å². The van der Waals surface area contributed by atoms with Gasteiger partial charge in [-0.1, -0.05) is 0 Å². The molecular weight excluding hydrogens is 342 g/mol. The van der Waals surface area contributed by atoms with E-state index in [0.717, 1.165) is 15.8 Å². The number of rotatable bonds is 0. The molecule has 9 heavy (non-hydrogen) atoms. The zero-order valence-corrected chi connectivity index (χ0v) is 8.93. The molecule has 4 heteroatoms. The first-order valence-corrected chi connectivity index (χ1v) is 4.61. The van der Waals surface area contributed by atoms with Crippen molar-refractivity contribution in [1.82, 2.24) is 5.32 Å². The van der Waals surface area contributed by atoms with E-state index in [1.165, 1.54) is 3.58 Å². The molecule has 0 spiro atoms. The standard InChI is InChI=1S/C5H6I2N2/c6-3-1-9-2-4(7)5(3)8/h1,9H,2,8H2. The second kappa shape index (κ2) is 3.09. The van der Waals surface area contributed by atoms with Crippen LogP contribution in [0.5, 0.6) is 0 Å². The van der Waals surface area contributed by atoms with E-state index in [-0.39, 0.29) is 0 Å². The van der Waals surface area contributed by atoms with Crippen molar-refractivity contribution < 1.29 is 0 Å². The molecule has 0 aliphatic carbocycles. The average molecular weight is 348 g/mol. The molecule has 0 atom stereocenters. The van der Waals surface area contributed by atoms with Crippen LogP contribution in [0.2, 0.25) is 0 Å². The fourth-order valence-corrected chi connectivity index (χ4v) is 2.11. The molecule has 2 nitrogen and oxygen atoms in total. The predicted octanol–water partition coefficient (Wildman–Crippen LogP) is 1.47. The molecular formula is C5H6I2N2. The maximum absolute atomic E-state index is 5.68. The summed E-state index contributed by atoms with van der Waals surface area (Å²) in [6.07, 6.45) is 1.93. The Morgan fingerprint density at radius 3 is 2.67 bits per heavy atom. The van der Waals surface area contributed by atoms with Gasteiger partial charge in [0.2, 0.25) is 0 Å². The molecule has 0 radical (unpaired) electrons. The molecule has 0 saturated heterocycles. The van der Waals surface area contributed by atoms with Crippen LogP contribution in [0, 0.1) is 0 Å². The van der Waals surface area contributed by atoms with Crippen LogP contribution in [0.25, 0.3) is 0 Å². The maximum Gasteiger partial charge on any atom is 0.0576 e. The van der Waals surface area contributed by atoms with Gasteiger partial charge in [0.05, 0.1) is 9.28 Å². The highest BCUT2D eigenvalue weighted by Crippen LogP contribution is 2.22. The van der Waals surface area contributed by atoms with Gasteiger partial charge in [0.15, 0.2) is 0 Å². The van der Waals surface area contributed by atoms with E-state index in [2.05, 4.69) is 50.5 Å². The van der Waals surface area contributed by atoms with E-state index in [1.54, 1.807) is 0 Å². The Kier molecular flexibility index (Phi) is 2.62. The minimum atomic E-state index is 0.874. The molecule has 0 amide bonds. The Balaban J connectivity index is 2.88. The van der Waals surface area contributed by atoms with Gasteiger partial charge in [-0.25, -0.2) is 0 Å². The van der Waals surface area contributed by atoms with Gasteiger partial charge in [0, 0.05) is 16.3 Å². The molecule has 1 aliphatic rings. The Labute approximate surface area is 81.2 Å². The van der Waals surface area contributed by atoms with Crippen LogP contribution in [0.3, 0.4) is 0 Å². The predicted molar refractivity (Wildman–Crippen MR) is 55.3 cm³/mol. The normalized spacial score (nSPS) is 19.1. The average Bonchev–Trinajstić information content (AvgIpc) is 1.83. The summed E-state index contributed by atoms with van der Waals surface area (Å²) < 4.78 is 2.29. The van der Waals surface area contributed by atoms with E-state index in [9.17, 15) is 0 Å². The second-order valence-electron chi connectivity index (χ2n) is 1.69. The molecule has 1 rings (SSSR count). The molecule has 0 bridgehead atoms. The smallest absolute Gasteiger partial charge is 0.0576 e. The number of halogens is 2. The van der Waals surface area contributed by atoms with Crippen LogP contribution in [0.15, 0.2) is 19.1 Å². The van der Waals surface area contributed by atoms with Crippen LogP contribution in [0.4, 0.5) is 0 Å². The first kappa shape index (κ1) is 7.64. The summed E-state index contributed by atoms with van der Waals surface area (Å²) in [7, 11) is 0. The van der Waals surface area contributed by atoms with Gasteiger partial charge in [-0.15, -0.1) is 0 Å². The Bertz CT molecular complexity index is 183. The first-order valence-electron chi connectivity index (χ1n) is 2.45. The van der Waals surface area contributed by atoms with Crippen molar-refractivity contribution in [1.29, 1.82) is 0 Å². The highest BCUT2D eigenvalue weighted by Gasteiger charge is 2.06. The number of nitrogens with one attached hydrogen (secondary N) is 1. The summed E-state index contributed by atoms with van der Waals surface area (Å²) in [6, 6.07) is 0. The molecule has 1 heterocycles. The second-order valence-corrected chi connectivity index (χ2v) is 4.16. The summed E-state index contributed by atoms with van der Waals surface area (Å²) >= 11 is 4.45. The highest BCUT2D eigenvalue weighted by molar-refractivity contribution is 14.1. The van der Waals surface area contributed by atoms with Crippen LogP contribution >= 0.6 is 45.2 Å². The van der Waals surface area contributed by atoms with Gasteiger partial charge in [-0.3, -0.25) is 0 Å². The van der Waals surface area contributed by atoms with Gasteiger partial charge < -0.3 is 11.1 Å². The SMILES string of the molecule is NC1=C(I)CNC=C1I. The third-order valence-corrected chi connectivity index (χ3v) is 2.89. The molecule has 0 fully saturated rings. The van der Waals surface area contributed by atoms with Gasteiger partial charge in [-0.2, -0.15) is 0 Å². The lowest BCUT2D eigenvalue weighted by Crippen LogP contribution is -2.17. The zero-order chi connectivity index (χ0) is 6.85. The number of hydrogen-bond donors (Lipinski definition) is 2. The molecule has 3 N–H and O–H groups in total.